The Morgan fingerprint density at radius 3 is 2.31 bits per heavy atom. The Kier molecular flexibility index (Phi) is 9.49. The van der Waals surface area contributed by atoms with Gasteiger partial charge >= 0.3 is 29.6 Å². The number of carboxylic acid groups (broad SMARTS) is 1. The van der Waals surface area contributed by atoms with Crippen molar-refractivity contribution in [3.05, 3.63) is 98.2 Å². The van der Waals surface area contributed by atoms with Crippen LogP contribution in [0.2, 0.25) is 15.1 Å². The number of benzene rings is 3. The summed E-state index contributed by atoms with van der Waals surface area (Å²) in [6.07, 6.45) is 0.0558. The number of nitrogens with zero attached hydrogens (tertiary/aromatic N) is 1. The van der Waals surface area contributed by atoms with Crippen LogP contribution >= 0.6 is 34.8 Å². The van der Waals surface area contributed by atoms with Crippen LogP contribution in [0, 0.1) is 5.82 Å². The molecule has 4 rings (SSSR count). The van der Waals surface area contributed by atoms with Gasteiger partial charge in [0.05, 0.1) is 12.0 Å². The average molecular weight is 545 g/mol. The molecule has 3 aromatic carbocycles. The molecule has 1 aliphatic heterocycles. The van der Waals surface area contributed by atoms with E-state index in [2.05, 4.69) is 0 Å². The Hall–Kier alpha value is -1.80. The van der Waals surface area contributed by atoms with Crippen LogP contribution in [0.4, 0.5) is 4.39 Å². The van der Waals surface area contributed by atoms with Crippen LogP contribution in [0.3, 0.4) is 0 Å². The molecule has 1 saturated heterocycles. The maximum absolute atomic E-state index is 15.1. The van der Waals surface area contributed by atoms with Crippen LogP contribution in [0.15, 0.2) is 60.7 Å². The van der Waals surface area contributed by atoms with Crippen LogP contribution in [0.25, 0.3) is 0 Å². The predicted octanol–water partition coefficient (Wildman–Crippen LogP) is 2.31. The summed E-state index contributed by atoms with van der Waals surface area (Å²) in [5, 5.41) is 12.6. The van der Waals surface area contributed by atoms with Gasteiger partial charge in [0.25, 0.3) is 5.91 Å². The molecule has 0 bridgehead atoms. The van der Waals surface area contributed by atoms with Crippen molar-refractivity contribution in [2.75, 3.05) is 6.54 Å². The summed E-state index contributed by atoms with van der Waals surface area (Å²) >= 11 is 18.4. The number of hydrogen-bond donors (Lipinski definition) is 0. The van der Waals surface area contributed by atoms with Gasteiger partial charge in [0.15, 0.2) is 17.7 Å². The minimum Gasteiger partial charge on any atom is -0.548 e. The molecule has 1 amide bonds. The first kappa shape index (κ1) is 27.8. The van der Waals surface area contributed by atoms with Crippen LogP contribution < -0.4 is 39.4 Å². The van der Waals surface area contributed by atoms with Gasteiger partial charge in [0, 0.05) is 32.7 Å². The van der Waals surface area contributed by atoms with Gasteiger partial charge in [-0.05, 0) is 60.9 Å². The molecular formula is C25H18Cl3FNNaO4. The van der Waals surface area contributed by atoms with Gasteiger partial charge < -0.3 is 19.5 Å². The number of amides is 1. The summed E-state index contributed by atoms with van der Waals surface area (Å²) in [6, 6.07) is 14.5. The number of halogens is 4. The average Bonchev–Trinajstić information content (AvgIpc) is 3.29. The van der Waals surface area contributed by atoms with Crippen molar-refractivity contribution < 1.29 is 53.4 Å². The van der Waals surface area contributed by atoms with E-state index in [1.54, 1.807) is 42.5 Å². The molecule has 0 aromatic heterocycles. The molecule has 1 heterocycles. The van der Waals surface area contributed by atoms with Gasteiger partial charge in [-0.25, -0.2) is 4.39 Å². The summed E-state index contributed by atoms with van der Waals surface area (Å²) in [6.45, 7) is 0.269. The van der Waals surface area contributed by atoms with E-state index in [4.69, 9.17) is 39.5 Å². The van der Waals surface area contributed by atoms with Gasteiger partial charge in [0.1, 0.15) is 0 Å². The summed E-state index contributed by atoms with van der Waals surface area (Å²) in [7, 11) is 0. The van der Waals surface area contributed by atoms with Crippen molar-refractivity contribution in [2.24, 2.45) is 0 Å². The SMILES string of the molecule is O=C([O-])C1CCCN1C(=O)c1ccc(OC(c2ccc(Cl)cc2)c2ccc(Cl)cc2Cl)c(F)c1.[Na+]. The summed E-state index contributed by atoms with van der Waals surface area (Å²) in [4.78, 5) is 25.3. The van der Waals surface area contributed by atoms with Gasteiger partial charge in [-0.1, -0.05) is 53.0 Å². The minimum atomic E-state index is -1.32. The fourth-order valence-electron chi connectivity index (χ4n) is 3.94. The zero-order valence-corrected chi connectivity index (χ0v) is 22.9. The molecule has 1 fully saturated rings. The molecule has 35 heavy (non-hydrogen) atoms. The van der Waals surface area contributed by atoms with Crippen molar-refractivity contribution in [1.29, 1.82) is 0 Å². The number of ether oxygens (including phenoxy) is 1. The van der Waals surface area contributed by atoms with E-state index in [9.17, 15) is 14.7 Å². The number of carboxylic acids is 1. The first-order valence-electron chi connectivity index (χ1n) is 10.4. The zero-order chi connectivity index (χ0) is 24.4. The van der Waals surface area contributed by atoms with Gasteiger partial charge in [-0.3, -0.25) is 4.79 Å². The van der Waals surface area contributed by atoms with Crippen LogP contribution in [0.1, 0.15) is 40.4 Å². The summed E-state index contributed by atoms with van der Waals surface area (Å²) in [5.74, 6) is -2.79. The van der Waals surface area contributed by atoms with Crippen molar-refractivity contribution in [1.82, 2.24) is 4.90 Å². The van der Waals surface area contributed by atoms with Gasteiger partial charge in [0.2, 0.25) is 0 Å². The fraction of sp³-hybridized carbons (Fsp3) is 0.200. The Bertz CT molecular complexity index is 1240. The van der Waals surface area contributed by atoms with Gasteiger partial charge in [-0.2, -0.15) is 0 Å². The molecule has 2 unspecified atom stereocenters. The maximum Gasteiger partial charge on any atom is 1.00 e. The molecule has 10 heteroatoms. The monoisotopic (exact) mass is 543 g/mol. The van der Waals surface area contributed by atoms with Crippen molar-refractivity contribution >= 4 is 46.7 Å². The predicted molar refractivity (Wildman–Crippen MR) is 126 cm³/mol. The Morgan fingerprint density at radius 1 is 1.00 bits per heavy atom. The second-order valence-corrected chi connectivity index (χ2v) is 9.12. The smallest absolute Gasteiger partial charge is 0.548 e. The molecule has 3 aromatic rings. The molecular weight excluding hydrogens is 527 g/mol. The Morgan fingerprint density at radius 2 is 1.69 bits per heavy atom. The number of carbonyl (C=O) groups is 2. The zero-order valence-electron chi connectivity index (χ0n) is 18.6. The third-order valence-electron chi connectivity index (χ3n) is 5.63. The number of hydrogen-bond acceptors (Lipinski definition) is 4. The number of aliphatic carboxylic acids is 1. The Balaban J connectivity index is 0.00000342. The first-order chi connectivity index (χ1) is 16.2. The topological polar surface area (TPSA) is 69.7 Å². The van der Waals surface area contributed by atoms with E-state index < -0.39 is 29.8 Å². The number of rotatable bonds is 6. The molecule has 0 spiro atoms. The van der Waals surface area contributed by atoms with Crippen LogP contribution in [0.5, 0.6) is 5.75 Å². The van der Waals surface area contributed by atoms with Crippen LogP contribution in [-0.2, 0) is 4.79 Å². The maximum atomic E-state index is 15.1. The van der Waals surface area contributed by atoms with Crippen LogP contribution in [-0.4, -0.2) is 29.4 Å². The van der Waals surface area contributed by atoms with E-state index in [1.807, 2.05) is 0 Å². The molecule has 0 aliphatic carbocycles. The van der Waals surface area contributed by atoms with E-state index in [1.165, 1.54) is 17.0 Å². The molecule has 0 radical (unpaired) electrons. The third kappa shape index (κ3) is 6.31. The molecule has 2 atom stereocenters. The number of carbonyl (C=O) groups excluding carboxylic acids is 2. The third-order valence-corrected chi connectivity index (χ3v) is 6.44. The quantitative estimate of drug-likeness (QED) is 0.447. The van der Waals surface area contributed by atoms with E-state index in [-0.39, 0.29) is 47.4 Å². The standard InChI is InChI=1S/C25H19Cl3FNO4.Na/c26-16-6-3-14(4-7-16)23(18-9-8-17(27)13-19(18)28)34-22-10-5-15(12-20(22)29)24(31)30-11-1-2-21(30)25(32)33;/h3-10,12-13,21,23H,1-2,11H2,(H,32,33);/q;+1/p-1. The van der Waals surface area contributed by atoms with Crippen molar-refractivity contribution in [3.8, 4) is 5.75 Å². The van der Waals surface area contributed by atoms with E-state index in [0.29, 0.717) is 39.0 Å². The van der Waals surface area contributed by atoms with E-state index in [0.717, 1.165) is 6.07 Å². The van der Waals surface area contributed by atoms with Crippen molar-refractivity contribution in [3.63, 3.8) is 0 Å². The largest absolute Gasteiger partial charge is 1.00 e. The molecule has 5 nitrogen and oxygen atoms in total. The molecule has 1 aliphatic rings. The first-order valence-corrected chi connectivity index (χ1v) is 11.6. The second kappa shape index (κ2) is 12.0. The minimum absolute atomic E-state index is 0. The normalized spacial score (nSPS) is 15.9. The van der Waals surface area contributed by atoms with E-state index >= 15 is 4.39 Å². The van der Waals surface area contributed by atoms with Gasteiger partial charge in [-0.15, -0.1) is 0 Å². The number of likely N-dealkylation sites (tertiary alicyclic amines) is 1. The second-order valence-electron chi connectivity index (χ2n) is 7.84. The summed E-state index contributed by atoms with van der Waals surface area (Å²) in [5.41, 5.74) is 1.24. The molecule has 0 saturated carbocycles. The summed E-state index contributed by atoms with van der Waals surface area (Å²) < 4.78 is 21.1. The molecule has 0 N–H and O–H groups in total. The fourth-order valence-corrected chi connectivity index (χ4v) is 4.57. The van der Waals surface area contributed by atoms with Crippen molar-refractivity contribution in [2.45, 2.75) is 25.0 Å². The molecule has 176 valence electrons. The Labute approximate surface area is 239 Å².